The number of aryl methyl sites for hydroxylation is 2. The fraction of sp³-hybridized carbons (Fsp3) is 0.154. The number of nitrogens with one attached hydrogen (secondary N) is 1. The van der Waals surface area contributed by atoms with Crippen molar-refractivity contribution in [2.45, 2.75) is 26.2 Å². The van der Waals surface area contributed by atoms with Crippen LogP contribution in [0.4, 0.5) is 21.7 Å². The van der Waals surface area contributed by atoms with E-state index in [1.165, 1.54) is 29.8 Å². The van der Waals surface area contributed by atoms with E-state index < -0.39 is 5.82 Å². The number of nitrogens with two attached hydrogens (primary N) is 1. The topological polar surface area (TPSA) is 114 Å². The van der Waals surface area contributed by atoms with Crippen LogP contribution in [0.25, 0.3) is 21.0 Å². The second kappa shape index (κ2) is 9.67. The number of phenols is 1. The minimum Gasteiger partial charge on any atom is -0.506 e. The van der Waals surface area contributed by atoms with Gasteiger partial charge in [0.15, 0.2) is 11.6 Å². The summed E-state index contributed by atoms with van der Waals surface area (Å²) < 4.78 is 15.3. The zero-order chi connectivity index (χ0) is 25.4. The number of aromatic nitrogens is 3. The number of rotatable bonds is 7. The van der Waals surface area contributed by atoms with Gasteiger partial charge in [-0.3, -0.25) is 4.79 Å². The molecule has 0 aliphatic carbocycles. The fourth-order valence-corrected chi connectivity index (χ4v) is 5.34. The van der Waals surface area contributed by atoms with Crippen molar-refractivity contribution in [3.05, 3.63) is 75.8 Å². The Labute approximate surface area is 214 Å². The average molecular weight is 522 g/mol. The maximum Gasteiger partial charge on any atom is 0.169 e. The minimum absolute atomic E-state index is 0.0148. The van der Waals surface area contributed by atoms with E-state index in [2.05, 4.69) is 20.3 Å². The lowest BCUT2D eigenvalue weighted by molar-refractivity contribution is 0.0982. The van der Waals surface area contributed by atoms with E-state index in [1.54, 1.807) is 11.6 Å². The Morgan fingerprint density at radius 2 is 2.00 bits per heavy atom. The van der Waals surface area contributed by atoms with Gasteiger partial charge >= 0.3 is 0 Å². The van der Waals surface area contributed by atoms with E-state index >= 15 is 0 Å². The largest absolute Gasteiger partial charge is 0.506 e. The number of halogens is 2. The molecule has 7 nitrogen and oxygen atoms in total. The molecule has 3 aromatic heterocycles. The number of ketones is 1. The molecule has 3 heterocycles. The van der Waals surface area contributed by atoms with Crippen LogP contribution in [-0.4, -0.2) is 25.8 Å². The highest BCUT2D eigenvalue weighted by Gasteiger charge is 2.17. The number of phenolic OH excluding ortho intramolecular Hbond substituents is 1. The van der Waals surface area contributed by atoms with Gasteiger partial charge in [-0.25, -0.2) is 19.3 Å². The summed E-state index contributed by atoms with van der Waals surface area (Å²) >= 11 is 7.22. The number of hydrogen-bond donors (Lipinski definition) is 3. The number of pyridine rings is 1. The molecule has 0 amide bonds. The van der Waals surface area contributed by atoms with Crippen molar-refractivity contribution in [1.82, 2.24) is 15.0 Å². The molecule has 2 aromatic carbocycles. The van der Waals surface area contributed by atoms with E-state index in [1.807, 2.05) is 25.1 Å². The lowest BCUT2D eigenvalue weighted by Crippen LogP contribution is -2.02. The van der Waals surface area contributed by atoms with Crippen LogP contribution in [0, 0.1) is 12.7 Å². The Balaban J connectivity index is 1.38. The summed E-state index contributed by atoms with van der Waals surface area (Å²) in [6.45, 7) is 2.02. The summed E-state index contributed by atoms with van der Waals surface area (Å²) in [6.07, 6.45) is 4.71. The Kier molecular flexibility index (Phi) is 6.42. The third-order valence-corrected chi connectivity index (χ3v) is 7.47. The molecule has 0 unspecified atom stereocenters. The first-order valence-electron chi connectivity index (χ1n) is 11.2. The Morgan fingerprint density at radius 1 is 1.17 bits per heavy atom. The standard InChI is InChI=1S/C26H21ClFN5O2S/c1-13-5-6-16-15(9-10-30-26(16)33-18-7-8-20(35)21(27)22(18)28)14(13)3-2-4-19(34)17-11-36-24-23(17)31-12-32-25(24)29/h5-12,35H,2-4H2,1H3,(H,30,33)(H2,29,31,32). The van der Waals surface area contributed by atoms with Gasteiger partial charge in [-0.05, 0) is 54.5 Å². The summed E-state index contributed by atoms with van der Waals surface area (Å²) in [7, 11) is 0. The van der Waals surface area contributed by atoms with Crippen LogP contribution in [-0.2, 0) is 6.42 Å². The Bertz CT molecular complexity index is 1640. The number of carbonyl (C=O) groups excluding carboxylic acids is 1. The van der Waals surface area contributed by atoms with Crippen LogP contribution in [0.3, 0.4) is 0 Å². The van der Waals surface area contributed by atoms with Crippen LogP contribution in [0.15, 0.2) is 48.2 Å². The van der Waals surface area contributed by atoms with Gasteiger partial charge in [-0.2, -0.15) is 0 Å². The zero-order valence-corrected chi connectivity index (χ0v) is 20.8. The van der Waals surface area contributed by atoms with Crippen molar-refractivity contribution in [3.63, 3.8) is 0 Å². The molecule has 0 fully saturated rings. The second-order valence-corrected chi connectivity index (χ2v) is 9.62. The summed E-state index contributed by atoms with van der Waals surface area (Å²) in [5, 5.41) is 15.8. The number of nitrogens with zero attached hydrogens (tertiary/aromatic N) is 3. The number of aromatic hydroxyl groups is 1. The van der Waals surface area contributed by atoms with Crippen LogP contribution in [0.1, 0.15) is 34.3 Å². The molecule has 10 heteroatoms. The predicted molar refractivity (Wildman–Crippen MR) is 142 cm³/mol. The summed E-state index contributed by atoms with van der Waals surface area (Å²) in [5.74, 6) is -0.227. The molecular weight excluding hydrogens is 501 g/mol. The van der Waals surface area contributed by atoms with E-state index in [0.717, 1.165) is 26.6 Å². The number of thiophene rings is 1. The molecule has 36 heavy (non-hydrogen) atoms. The highest BCUT2D eigenvalue weighted by Crippen LogP contribution is 2.35. The second-order valence-electron chi connectivity index (χ2n) is 8.36. The molecule has 0 aliphatic rings. The number of fused-ring (bicyclic) bond motifs is 2. The summed E-state index contributed by atoms with van der Waals surface area (Å²) in [4.78, 5) is 25.5. The number of benzene rings is 2. The number of carbonyl (C=O) groups is 1. The monoisotopic (exact) mass is 521 g/mol. The van der Waals surface area contributed by atoms with Gasteiger partial charge in [0, 0.05) is 23.4 Å². The maximum absolute atomic E-state index is 14.5. The number of anilines is 3. The molecule has 182 valence electrons. The molecular formula is C26H21ClFN5O2S. The molecule has 0 spiro atoms. The molecule has 0 atom stereocenters. The lowest BCUT2D eigenvalue weighted by atomic mass is 9.95. The Hall–Kier alpha value is -3.82. The van der Waals surface area contributed by atoms with Crippen molar-refractivity contribution in [1.29, 1.82) is 0 Å². The quantitative estimate of drug-likeness (QED) is 0.164. The SMILES string of the molecule is Cc1ccc2c(Nc3ccc(O)c(Cl)c3F)nccc2c1CCCC(=O)c1csc2c(N)ncnc12. The molecule has 0 bridgehead atoms. The van der Waals surface area contributed by atoms with Crippen molar-refractivity contribution in [3.8, 4) is 5.75 Å². The van der Waals surface area contributed by atoms with Gasteiger partial charge in [-0.1, -0.05) is 23.7 Å². The van der Waals surface area contributed by atoms with Gasteiger partial charge in [0.05, 0.1) is 21.5 Å². The van der Waals surface area contributed by atoms with E-state index in [9.17, 15) is 14.3 Å². The average Bonchev–Trinajstić information content (AvgIpc) is 3.31. The van der Waals surface area contributed by atoms with E-state index in [0.29, 0.717) is 42.0 Å². The number of Topliss-reactive ketones (excluding diaryl/α,β-unsaturated/α-hetero) is 1. The molecule has 5 aromatic rings. The highest BCUT2D eigenvalue weighted by atomic mass is 35.5. The third kappa shape index (κ3) is 4.31. The maximum atomic E-state index is 14.5. The van der Waals surface area contributed by atoms with Crippen LogP contribution in [0.2, 0.25) is 5.02 Å². The van der Waals surface area contributed by atoms with Crippen molar-refractivity contribution in [2.75, 3.05) is 11.1 Å². The first-order valence-corrected chi connectivity index (χ1v) is 12.4. The molecule has 0 aliphatic heterocycles. The Morgan fingerprint density at radius 3 is 2.83 bits per heavy atom. The van der Waals surface area contributed by atoms with Crippen molar-refractivity contribution < 1.29 is 14.3 Å². The third-order valence-electron chi connectivity index (χ3n) is 6.12. The first-order chi connectivity index (χ1) is 17.3. The zero-order valence-electron chi connectivity index (χ0n) is 19.2. The number of nitrogen functional groups attached to an aromatic ring is 1. The van der Waals surface area contributed by atoms with Crippen LogP contribution in [0.5, 0.6) is 5.75 Å². The molecule has 0 radical (unpaired) electrons. The molecule has 4 N–H and O–H groups in total. The van der Waals surface area contributed by atoms with E-state index in [4.69, 9.17) is 17.3 Å². The van der Waals surface area contributed by atoms with Crippen LogP contribution < -0.4 is 11.1 Å². The van der Waals surface area contributed by atoms with Crippen molar-refractivity contribution in [2.24, 2.45) is 0 Å². The van der Waals surface area contributed by atoms with Crippen molar-refractivity contribution >= 4 is 67.0 Å². The fourth-order valence-electron chi connectivity index (χ4n) is 4.25. The molecule has 0 saturated heterocycles. The van der Waals surface area contributed by atoms with Gasteiger partial charge in [-0.15, -0.1) is 11.3 Å². The molecule has 5 rings (SSSR count). The summed E-state index contributed by atoms with van der Waals surface area (Å²) in [6, 6.07) is 8.55. The van der Waals surface area contributed by atoms with Crippen LogP contribution >= 0.6 is 22.9 Å². The molecule has 0 saturated carbocycles. The van der Waals surface area contributed by atoms with Gasteiger partial charge < -0.3 is 16.2 Å². The number of hydrogen-bond acceptors (Lipinski definition) is 8. The predicted octanol–water partition coefficient (Wildman–Crippen LogP) is 6.58. The normalized spacial score (nSPS) is 11.3. The minimum atomic E-state index is -0.755. The van der Waals surface area contributed by atoms with E-state index in [-0.39, 0.29) is 22.2 Å². The van der Waals surface area contributed by atoms with Gasteiger partial charge in [0.2, 0.25) is 0 Å². The van der Waals surface area contributed by atoms with Gasteiger partial charge in [0.1, 0.15) is 28.7 Å². The first kappa shape index (κ1) is 23.9. The summed E-state index contributed by atoms with van der Waals surface area (Å²) in [5.41, 5.74) is 9.36. The lowest BCUT2D eigenvalue weighted by Gasteiger charge is -2.14. The smallest absolute Gasteiger partial charge is 0.169 e. The van der Waals surface area contributed by atoms with Gasteiger partial charge in [0.25, 0.3) is 0 Å². The highest BCUT2D eigenvalue weighted by molar-refractivity contribution is 7.18.